The lowest BCUT2D eigenvalue weighted by molar-refractivity contribution is -0.121. The normalized spacial score (nSPS) is 11.4. The van der Waals surface area contributed by atoms with Crippen LogP contribution < -0.4 is 11.0 Å². The topological polar surface area (TPSA) is 110 Å². The van der Waals surface area contributed by atoms with Crippen LogP contribution >= 0.6 is 11.3 Å². The summed E-state index contributed by atoms with van der Waals surface area (Å²) in [6.45, 7) is 2.92. The van der Waals surface area contributed by atoms with Crippen LogP contribution in [-0.4, -0.2) is 41.8 Å². The molecule has 0 atom stereocenters. The van der Waals surface area contributed by atoms with Crippen LogP contribution in [0.2, 0.25) is 0 Å². The maximum Gasteiger partial charge on any atom is 0.326 e. The molecule has 0 aliphatic carbocycles. The molecule has 1 amide bonds. The van der Waals surface area contributed by atoms with Gasteiger partial charge in [-0.05, 0) is 25.5 Å². The second-order valence-electron chi connectivity index (χ2n) is 6.24. The third-order valence-corrected chi connectivity index (χ3v) is 5.28. The minimum absolute atomic E-state index is 0.0241. The number of amides is 1. The molecule has 27 heavy (non-hydrogen) atoms. The quantitative estimate of drug-likeness (QED) is 0.466. The number of nitrogens with zero attached hydrogens (tertiary/aromatic N) is 5. The van der Waals surface area contributed by atoms with Gasteiger partial charge < -0.3 is 10.3 Å². The van der Waals surface area contributed by atoms with Crippen LogP contribution in [0.4, 0.5) is 0 Å². The minimum atomic E-state index is -0.124. The smallest absolute Gasteiger partial charge is 0.326 e. The molecular weight excluding hydrogens is 366 g/mol. The molecule has 0 spiro atoms. The van der Waals surface area contributed by atoms with Crippen LogP contribution in [0.1, 0.15) is 23.7 Å². The number of nitrogens with one attached hydrogen (secondary N) is 2. The highest BCUT2D eigenvalue weighted by atomic mass is 32.1. The number of fused-ring (bicyclic) bond motifs is 2. The summed E-state index contributed by atoms with van der Waals surface area (Å²) in [6.07, 6.45) is 1.63. The van der Waals surface area contributed by atoms with E-state index in [-0.39, 0.29) is 11.6 Å². The van der Waals surface area contributed by atoms with Gasteiger partial charge >= 0.3 is 5.69 Å². The number of hydrogen-bond donors (Lipinski definition) is 2. The number of benzene rings is 1. The molecule has 0 fully saturated rings. The van der Waals surface area contributed by atoms with Gasteiger partial charge in [0.25, 0.3) is 0 Å². The summed E-state index contributed by atoms with van der Waals surface area (Å²) in [5, 5.41) is 16.1. The molecule has 0 unspecified atom stereocenters. The zero-order valence-electron chi connectivity index (χ0n) is 14.8. The van der Waals surface area contributed by atoms with E-state index in [1.807, 2.05) is 31.2 Å². The van der Waals surface area contributed by atoms with E-state index < -0.39 is 0 Å². The van der Waals surface area contributed by atoms with Gasteiger partial charge in [-0.15, -0.1) is 10.2 Å². The molecule has 4 aromatic rings. The number of aryl methyl sites for hydroxylation is 3. The van der Waals surface area contributed by atoms with Gasteiger partial charge in [0.05, 0.1) is 11.0 Å². The lowest BCUT2D eigenvalue weighted by Crippen LogP contribution is -2.26. The molecule has 3 heterocycles. The van der Waals surface area contributed by atoms with Gasteiger partial charge in [0.1, 0.15) is 5.01 Å². The van der Waals surface area contributed by atoms with Gasteiger partial charge in [-0.2, -0.15) is 9.61 Å². The van der Waals surface area contributed by atoms with E-state index in [4.69, 9.17) is 0 Å². The predicted molar refractivity (Wildman–Crippen MR) is 102 cm³/mol. The Balaban J connectivity index is 1.24. The Morgan fingerprint density at radius 2 is 2.15 bits per heavy atom. The fraction of sp³-hybridized carbons (Fsp3) is 0.353. The SMILES string of the molecule is Cc1nnc2sc(CCC(=O)NCCCn3c(=O)[nH]c4ccccc43)nn12. The Morgan fingerprint density at radius 3 is 3.00 bits per heavy atom. The summed E-state index contributed by atoms with van der Waals surface area (Å²) in [6, 6.07) is 7.58. The van der Waals surface area contributed by atoms with E-state index in [1.165, 1.54) is 11.3 Å². The number of imidazole rings is 1. The highest BCUT2D eigenvalue weighted by Gasteiger charge is 2.10. The first-order chi connectivity index (χ1) is 13.1. The van der Waals surface area contributed by atoms with Crippen LogP contribution in [0.25, 0.3) is 16.0 Å². The predicted octanol–water partition coefficient (Wildman–Crippen LogP) is 1.28. The molecular formula is C17H19N7O2S. The molecule has 0 saturated heterocycles. The summed E-state index contributed by atoms with van der Waals surface area (Å²) < 4.78 is 3.39. The van der Waals surface area contributed by atoms with Crippen molar-refractivity contribution in [3.05, 3.63) is 45.6 Å². The molecule has 2 N–H and O–H groups in total. The molecule has 0 aliphatic rings. The number of aromatic nitrogens is 6. The lowest BCUT2D eigenvalue weighted by atomic mass is 10.3. The van der Waals surface area contributed by atoms with Crippen molar-refractivity contribution in [1.29, 1.82) is 0 Å². The Morgan fingerprint density at radius 1 is 1.30 bits per heavy atom. The fourth-order valence-corrected chi connectivity index (χ4v) is 3.84. The first-order valence-electron chi connectivity index (χ1n) is 8.74. The van der Waals surface area contributed by atoms with Crippen LogP contribution in [0.15, 0.2) is 29.1 Å². The first kappa shape index (κ1) is 17.4. The first-order valence-corrected chi connectivity index (χ1v) is 9.55. The van der Waals surface area contributed by atoms with Crippen LogP contribution in [-0.2, 0) is 17.8 Å². The third-order valence-electron chi connectivity index (χ3n) is 4.32. The van der Waals surface area contributed by atoms with Crippen molar-refractivity contribution in [3.8, 4) is 0 Å². The maximum atomic E-state index is 12.0. The zero-order valence-corrected chi connectivity index (χ0v) is 15.6. The molecule has 0 bridgehead atoms. The zero-order chi connectivity index (χ0) is 18.8. The van der Waals surface area contributed by atoms with Gasteiger partial charge in [0, 0.05) is 25.9 Å². The van der Waals surface area contributed by atoms with Crippen LogP contribution in [0.3, 0.4) is 0 Å². The lowest BCUT2D eigenvalue weighted by Gasteiger charge is -2.05. The average Bonchev–Trinajstić information content (AvgIpc) is 3.31. The van der Waals surface area contributed by atoms with Crippen molar-refractivity contribution in [2.24, 2.45) is 0 Å². The summed E-state index contributed by atoms with van der Waals surface area (Å²) in [4.78, 5) is 27.6. The molecule has 9 nitrogen and oxygen atoms in total. The van der Waals surface area contributed by atoms with Gasteiger partial charge in [-0.1, -0.05) is 23.5 Å². The van der Waals surface area contributed by atoms with Crippen molar-refractivity contribution >= 4 is 33.2 Å². The molecule has 0 radical (unpaired) electrons. The Bertz CT molecular complexity index is 1150. The summed E-state index contributed by atoms with van der Waals surface area (Å²) >= 11 is 1.45. The van der Waals surface area contributed by atoms with Gasteiger partial charge in [0.2, 0.25) is 10.9 Å². The number of para-hydroxylation sites is 2. The van der Waals surface area contributed by atoms with E-state index in [0.717, 1.165) is 26.8 Å². The highest BCUT2D eigenvalue weighted by molar-refractivity contribution is 7.16. The third kappa shape index (κ3) is 3.61. The standard InChI is InChI=1S/C17H19N7O2S/c1-11-20-21-17-24(11)22-15(27-17)8-7-14(25)18-9-4-10-23-13-6-3-2-5-12(13)19-16(23)26/h2-3,5-6H,4,7-10H2,1H3,(H,18,25)(H,19,26). The Labute approximate surface area is 158 Å². The molecule has 1 aromatic carbocycles. The fourth-order valence-electron chi connectivity index (χ4n) is 2.96. The number of carbonyl (C=O) groups excluding carboxylic acids is 1. The van der Waals surface area contributed by atoms with E-state index in [1.54, 1.807) is 9.08 Å². The Hall–Kier alpha value is -3.01. The Kier molecular flexibility index (Phi) is 4.71. The monoisotopic (exact) mass is 385 g/mol. The summed E-state index contributed by atoms with van der Waals surface area (Å²) in [5.74, 6) is 0.716. The molecule has 0 aliphatic heterocycles. The van der Waals surface area contributed by atoms with E-state index in [2.05, 4.69) is 25.6 Å². The van der Waals surface area contributed by atoms with Gasteiger partial charge in [-0.25, -0.2) is 4.79 Å². The molecule has 10 heteroatoms. The van der Waals surface area contributed by atoms with E-state index in [9.17, 15) is 9.59 Å². The van der Waals surface area contributed by atoms with Crippen molar-refractivity contribution in [2.75, 3.05) is 6.54 Å². The van der Waals surface area contributed by atoms with Crippen LogP contribution in [0.5, 0.6) is 0 Å². The summed E-state index contributed by atoms with van der Waals surface area (Å²) in [5.41, 5.74) is 1.58. The van der Waals surface area contributed by atoms with E-state index in [0.29, 0.717) is 32.4 Å². The van der Waals surface area contributed by atoms with Crippen molar-refractivity contribution in [3.63, 3.8) is 0 Å². The van der Waals surface area contributed by atoms with Crippen molar-refractivity contribution in [2.45, 2.75) is 32.7 Å². The second-order valence-corrected chi connectivity index (χ2v) is 7.28. The van der Waals surface area contributed by atoms with Gasteiger partial charge in [0.15, 0.2) is 5.82 Å². The van der Waals surface area contributed by atoms with Crippen molar-refractivity contribution in [1.82, 2.24) is 34.7 Å². The number of rotatable bonds is 7. The highest BCUT2D eigenvalue weighted by Crippen LogP contribution is 2.15. The van der Waals surface area contributed by atoms with E-state index >= 15 is 0 Å². The van der Waals surface area contributed by atoms with Crippen molar-refractivity contribution < 1.29 is 4.79 Å². The van der Waals surface area contributed by atoms with Crippen LogP contribution in [0, 0.1) is 6.92 Å². The largest absolute Gasteiger partial charge is 0.356 e. The second kappa shape index (κ2) is 7.31. The molecule has 4 rings (SSSR count). The molecule has 0 saturated carbocycles. The number of aromatic amines is 1. The minimum Gasteiger partial charge on any atom is -0.356 e. The van der Waals surface area contributed by atoms with Gasteiger partial charge in [-0.3, -0.25) is 9.36 Å². The molecule has 3 aromatic heterocycles. The number of H-pyrrole nitrogens is 1. The maximum absolute atomic E-state index is 12.0. The summed E-state index contributed by atoms with van der Waals surface area (Å²) in [7, 11) is 0. The average molecular weight is 385 g/mol. The number of carbonyl (C=O) groups is 1. The number of hydrogen-bond acceptors (Lipinski definition) is 6. The molecule has 140 valence electrons.